The van der Waals surface area contributed by atoms with Gasteiger partial charge in [-0.05, 0) is 5.56 Å². The van der Waals surface area contributed by atoms with Crippen molar-refractivity contribution < 1.29 is 9.59 Å². The Hall–Kier alpha value is -2.21. The monoisotopic (exact) mass is 345 g/mol. The van der Waals surface area contributed by atoms with Crippen molar-refractivity contribution in [2.75, 3.05) is 6.54 Å². The lowest BCUT2D eigenvalue weighted by atomic mass is 9.96. The summed E-state index contributed by atoms with van der Waals surface area (Å²) >= 11 is 1.43. The molecule has 0 saturated carbocycles. The number of nitrogens with one attached hydrogen (secondary N) is 1. The first kappa shape index (κ1) is 18.1. The number of nitrogens with zero attached hydrogens (tertiary/aromatic N) is 2. The van der Waals surface area contributed by atoms with Gasteiger partial charge in [0.25, 0.3) is 0 Å². The molecule has 24 heavy (non-hydrogen) atoms. The Labute approximate surface area is 146 Å². The van der Waals surface area contributed by atoms with E-state index in [1.165, 1.54) is 11.3 Å². The van der Waals surface area contributed by atoms with Crippen LogP contribution in [0, 0.1) is 5.41 Å². The minimum atomic E-state index is -0.452. The van der Waals surface area contributed by atoms with Crippen molar-refractivity contribution >= 4 is 23.2 Å². The quantitative estimate of drug-likeness (QED) is 0.905. The normalized spacial score (nSPS) is 12.2. The van der Waals surface area contributed by atoms with Gasteiger partial charge in [0.1, 0.15) is 0 Å². The Kier molecular flexibility index (Phi) is 6.09. The molecule has 2 rings (SSSR count). The fourth-order valence-corrected chi connectivity index (χ4v) is 2.74. The number of carbonyl (C=O) groups excluding carboxylic acids is 2. The van der Waals surface area contributed by atoms with Crippen LogP contribution in [0.15, 0.2) is 46.9 Å². The lowest BCUT2D eigenvalue weighted by molar-refractivity contribution is -0.128. The average Bonchev–Trinajstić information content (AvgIpc) is 2.94. The number of rotatable bonds is 5. The van der Waals surface area contributed by atoms with Crippen LogP contribution in [0.5, 0.6) is 0 Å². The van der Waals surface area contributed by atoms with E-state index in [4.69, 9.17) is 0 Å². The molecule has 2 amide bonds. The molecule has 0 saturated heterocycles. The second-order valence-electron chi connectivity index (χ2n) is 6.56. The summed E-state index contributed by atoms with van der Waals surface area (Å²) < 4.78 is 1.95. The van der Waals surface area contributed by atoms with Gasteiger partial charge in [-0.2, -0.15) is 4.99 Å². The van der Waals surface area contributed by atoms with Crippen LogP contribution < -0.4 is 10.1 Å². The summed E-state index contributed by atoms with van der Waals surface area (Å²) in [5.41, 5.74) is 0.703. The molecule has 0 bridgehead atoms. The van der Waals surface area contributed by atoms with E-state index >= 15 is 0 Å². The van der Waals surface area contributed by atoms with E-state index in [1.807, 2.05) is 67.2 Å². The van der Waals surface area contributed by atoms with Crippen LogP contribution in [0.2, 0.25) is 0 Å². The topological polar surface area (TPSA) is 63.5 Å². The number of hydrogen-bond acceptors (Lipinski definition) is 3. The first-order valence-corrected chi connectivity index (χ1v) is 8.78. The van der Waals surface area contributed by atoms with Gasteiger partial charge < -0.3 is 9.88 Å². The SMILES string of the molecule is CC(C)(C)C(=O)NCCC(=O)N=c1sccn1Cc1ccccc1. The van der Waals surface area contributed by atoms with Crippen LogP contribution in [-0.4, -0.2) is 22.9 Å². The molecule has 0 radical (unpaired) electrons. The van der Waals surface area contributed by atoms with Gasteiger partial charge in [-0.25, -0.2) is 0 Å². The van der Waals surface area contributed by atoms with Gasteiger partial charge in [0, 0.05) is 36.5 Å². The van der Waals surface area contributed by atoms with Crippen LogP contribution in [-0.2, 0) is 16.1 Å². The average molecular weight is 345 g/mol. The van der Waals surface area contributed by atoms with Crippen LogP contribution in [0.4, 0.5) is 0 Å². The number of thiazole rings is 1. The maximum atomic E-state index is 12.0. The summed E-state index contributed by atoms with van der Waals surface area (Å²) in [5, 5.41) is 4.68. The Morgan fingerprint density at radius 1 is 1.21 bits per heavy atom. The molecule has 0 fully saturated rings. The van der Waals surface area contributed by atoms with Gasteiger partial charge in [-0.3, -0.25) is 9.59 Å². The maximum Gasteiger partial charge on any atom is 0.250 e. The molecule has 2 aromatic rings. The molecule has 5 nitrogen and oxygen atoms in total. The highest BCUT2D eigenvalue weighted by molar-refractivity contribution is 7.07. The third-order valence-electron chi connectivity index (χ3n) is 3.38. The summed E-state index contributed by atoms with van der Waals surface area (Å²) in [5.74, 6) is -0.293. The zero-order chi connectivity index (χ0) is 17.6. The number of carbonyl (C=O) groups is 2. The lowest BCUT2D eigenvalue weighted by Crippen LogP contribution is -2.36. The number of hydrogen-bond donors (Lipinski definition) is 1. The van der Waals surface area contributed by atoms with Crippen molar-refractivity contribution in [2.24, 2.45) is 10.4 Å². The van der Waals surface area contributed by atoms with Gasteiger partial charge in [0.2, 0.25) is 11.8 Å². The molecule has 0 unspecified atom stereocenters. The van der Waals surface area contributed by atoms with E-state index in [-0.39, 0.29) is 18.2 Å². The van der Waals surface area contributed by atoms with Crippen molar-refractivity contribution in [3.05, 3.63) is 52.3 Å². The van der Waals surface area contributed by atoms with Gasteiger partial charge >= 0.3 is 0 Å². The minimum Gasteiger partial charge on any atom is -0.355 e. The first-order valence-electron chi connectivity index (χ1n) is 7.90. The molecule has 6 heteroatoms. The van der Waals surface area contributed by atoms with E-state index in [1.54, 1.807) is 0 Å². The van der Waals surface area contributed by atoms with Gasteiger partial charge in [0.15, 0.2) is 4.80 Å². The van der Waals surface area contributed by atoms with Gasteiger partial charge in [-0.1, -0.05) is 51.1 Å². The van der Waals surface area contributed by atoms with E-state index < -0.39 is 5.41 Å². The number of benzene rings is 1. The molecule has 1 heterocycles. The Balaban J connectivity index is 1.95. The van der Waals surface area contributed by atoms with Crippen molar-refractivity contribution in [1.82, 2.24) is 9.88 Å². The maximum absolute atomic E-state index is 12.0. The molecule has 128 valence electrons. The highest BCUT2D eigenvalue weighted by Gasteiger charge is 2.20. The Morgan fingerprint density at radius 3 is 2.58 bits per heavy atom. The minimum absolute atomic E-state index is 0.0643. The second-order valence-corrected chi connectivity index (χ2v) is 7.43. The predicted octanol–water partition coefficient (Wildman–Crippen LogP) is 2.58. The van der Waals surface area contributed by atoms with Gasteiger partial charge in [0.05, 0.1) is 0 Å². The van der Waals surface area contributed by atoms with Crippen LogP contribution >= 0.6 is 11.3 Å². The molecular weight excluding hydrogens is 322 g/mol. The van der Waals surface area contributed by atoms with E-state index in [2.05, 4.69) is 10.3 Å². The summed E-state index contributed by atoms with van der Waals surface area (Å²) in [7, 11) is 0. The summed E-state index contributed by atoms with van der Waals surface area (Å²) in [6, 6.07) is 10.0. The lowest BCUT2D eigenvalue weighted by Gasteiger charge is -2.16. The van der Waals surface area contributed by atoms with Crippen molar-refractivity contribution in [2.45, 2.75) is 33.7 Å². The molecular formula is C18H23N3O2S. The zero-order valence-electron chi connectivity index (χ0n) is 14.3. The Morgan fingerprint density at radius 2 is 1.92 bits per heavy atom. The molecule has 0 aliphatic carbocycles. The molecule has 0 atom stereocenters. The highest BCUT2D eigenvalue weighted by Crippen LogP contribution is 2.12. The molecule has 0 spiro atoms. The van der Waals surface area contributed by atoms with E-state index in [0.717, 1.165) is 5.56 Å². The van der Waals surface area contributed by atoms with Crippen molar-refractivity contribution in [3.63, 3.8) is 0 Å². The standard InChI is InChI=1S/C18H23N3O2S/c1-18(2,3)16(23)19-10-9-15(22)20-17-21(11-12-24-17)13-14-7-5-4-6-8-14/h4-8,11-12H,9-10,13H2,1-3H3,(H,19,23). The van der Waals surface area contributed by atoms with Crippen LogP contribution in [0.1, 0.15) is 32.8 Å². The van der Waals surface area contributed by atoms with Crippen LogP contribution in [0.3, 0.4) is 0 Å². The molecule has 1 N–H and O–H groups in total. The molecule has 1 aromatic carbocycles. The number of amides is 2. The van der Waals surface area contributed by atoms with Gasteiger partial charge in [-0.15, -0.1) is 11.3 Å². The molecule has 0 aliphatic rings. The van der Waals surface area contributed by atoms with Crippen molar-refractivity contribution in [3.8, 4) is 0 Å². The van der Waals surface area contributed by atoms with E-state index in [9.17, 15) is 9.59 Å². The van der Waals surface area contributed by atoms with Crippen LogP contribution in [0.25, 0.3) is 0 Å². The number of aromatic nitrogens is 1. The second kappa shape index (κ2) is 8.06. The predicted molar refractivity (Wildman–Crippen MR) is 95.5 cm³/mol. The summed E-state index contributed by atoms with van der Waals surface area (Å²) in [6.07, 6.45) is 2.12. The Bertz CT molecular complexity index is 754. The molecule has 0 aliphatic heterocycles. The highest BCUT2D eigenvalue weighted by atomic mass is 32.1. The third kappa shape index (κ3) is 5.45. The largest absolute Gasteiger partial charge is 0.355 e. The fraction of sp³-hybridized carbons (Fsp3) is 0.389. The first-order chi connectivity index (χ1) is 11.4. The van der Waals surface area contributed by atoms with E-state index in [0.29, 0.717) is 17.9 Å². The fourth-order valence-electron chi connectivity index (χ4n) is 2.00. The third-order valence-corrected chi connectivity index (χ3v) is 4.18. The van der Waals surface area contributed by atoms with Crippen molar-refractivity contribution in [1.29, 1.82) is 0 Å². The molecule has 1 aromatic heterocycles. The summed E-state index contributed by atoms with van der Waals surface area (Å²) in [4.78, 5) is 28.6. The smallest absolute Gasteiger partial charge is 0.250 e. The summed E-state index contributed by atoms with van der Waals surface area (Å²) in [6.45, 7) is 6.51. The zero-order valence-corrected chi connectivity index (χ0v) is 15.1.